The van der Waals surface area contributed by atoms with Gasteiger partial charge < -0.3 is 15.0 Å². The average Bonchev–Trinajstić information content (AvgIpc) is 3.24. The van der Waals surface area contributed by atoms with Crippen LogP contribution in [-0.2, 0) is 14.8 Å². The molecular formula is C20H25N3O5S2. The molecular weight excluding hydrogens is 426 g/mol. The summed E-state index contributed by atoms with van der Waals surface area (Å²) in [6.07, 6.45) is 0.851. The van der Waals surface area contributed by atoms with Gasteiger partial charge in [0.2, 0.25) is 5.91 Å². The average molecular weight is 452 g/mol. The Balaban J connectivity index is 1.63. The summed E-state index contributed by atoms with van der Waals surface area (Å²) in [6.45, 7) is 0.502. The maximum absolute atomic E-state index is 12.9. The van der Waals surface area contributed by atoms with Crippen molar-refractivity contribution in [3.8, 4) is 5.75 Å². The Labute approximate surface area is 180 Å². The maximum atomic E-state index is 12.9. The third kappa shape index (κ3) is 4.66. The SMILES string of the molecule is COc1ccccc1NC(=O)C1CCN(S(=O)(=O)c2cc(C(=O)N(C)C)cs2)CC1. The van der Waals surface area contributed by atoms with Crippen LogP contribution < -0.4 is 10.1 Å². The number of para-hydroxylation sites is 2. The molecule has 10 heteroatoms. The number of benzene rings is 1. The van der Waals surface area contributed by atoms with Crippen molar-refractivity contribution in [1.29, 1.82) is 0 Å². The Morgan fingerprint density at radius 2 is 1.87 bits per heavy atom. The number of nitrogens with one attached hydrogen (secondary N) is 1. The Bertz CT molecular complexity index is 1020. The molecule has 1 saturated heterocycles. The molecule has 0 unspecified atom stereocenters. The van der Waals surface area contributed by atoms with Crippen molar-refractivity contribution in [2.45, 2.75) is 17.1 Å². The standard InChI is InChI=1S/C20H25N3O5S2/c1-22(2)20(25)15-12-18(29-13-15)30(26,27)23-10-8-14(9-11-23)19(24)21-16-6-4-5-7-17(16)28-3/h4-7,12-14H,8-11H2,1-3H3,(H,21,24). The van der Waals surface area contributed by atoms with Gasteiger partial charge in [-0.1, -0.05) is 12.1 Å². The normalized spacial score (nSPS) is 15.6. The molecule has 30 heavy (non-hydrogen) atoms. The summed E-state index contributed by atoms with van der Waals surface area (Å²) in [6, 6.07) is 8.58. The zero-order chi connectivity index (χ0) is 21.9. The second kappa shape index (κ2) is 9.15. The van der Waals surface area contributed by atoms with Gasteiger partial charge in [-0.25, -0.2) is 8.42 Å². The van der Waals surface area contributed by atoms with Crippen LogP contribution in [0.4, 0.5) is 5.69 Å². The van der Waals surface area contributed by atoms with Crippen molar-refractivity contribution >= 4 is 38.9 Å². The number of ether oxygens (including phenoxy) is 1. The van der Waals surface area contributed by atoms with E-state index in [4.69, 9.17) is 4.74 Å². The number of hydrogen-bond donors (Lipinski definition) is 1. The van der Waals surface area contributed by atoms with Gasteiger partial charge in [0.05, 0.1) is 18.4 Å². The molecule has 8 nitrogen and oxygen atoms in total. The molecule has 0 saturated carbocycles. The lowest BCUT2D eigenvalue weighted by Gasteiger charge is -2.30. The number of carbonyl (C=O) groups is 2. The monoisotopic (exact) mass is 451 g/mol. The highest BCUT2D eigenvalue weighted by Gasteiger charge is 2.33. The molecule has 1 N–H and O–H groups in total. The molecule has 1 aliphatic rings. The lowest BCUT2D eigenvalue weighted by atomic mass is 9.97. The topological polar surface area (TPSA) is 96.0 Å². The Kier molecular flexibility index (Phi) is 6.79. The number of hydrogen-bond acceptors (Lipinski definition) is 6. The summed E-state index contributed by atoms with van der Waals surface area (Å²) < 4.78 is 32.7. The molecule has 0 spiro atoms. The number of sulfonamides is 1. The first kappa shape index (κ1) is 22.3. The van der Waals surface area contributed by atoms with Crippen molar-refractivity contribution in [2.75, 3.05) is 39.6 Å². The molecule has 2 heterocycles. The molecule has 3 rings (SSSR count). The minimum Gasteiger partial charge on any atom is -0.495 e. The zero-order valence-electron chi connectivity index (χ0n) is 17.1. The van der Waals surface area contributed by atoms with E-state index in [0.717, 1.165) is 11.3 Å². The van der Waals surface area contributed by atoms with Gasteiger partial charge in [0, 0.05) is 38.5 Å². The summed E-state index contributed by atoms with van der Waals surface area (Å²) >= 11 is 1.04. The van der Waals surface area contributed by atoms with Crippen molar-refractivity contribution in [1.82, 2.24) is 9.21 Å². The van der Waals surface area contributed by atoms with Gasteiger partial charge in [-0.05, 0) is 31.0 Å². The first-order chi connectivity index (χ1) is 14.2. The van der Waals surface area contributed by atoms with Gasteiger partial charge in [0.1, 0.15) is 9.96 Å². The van der Waals surface area contributed by atoms with Gasteiger partial charge >= 0.3 is 0 Å². The molecule has 2 aromatic rings. The van der Waals surface area contributed by atoms with E-state index in [0.29, 0.717) is 29.8 Å². The van der Waals surface area contributed by atoms with E-state index >= 15 is 0 Å². The van der Waals surface area contributed by atoms with Gasteiger partial charge in [-0.15, -0.1) is 11.3 Å². The van der Waals surface area contributed by atoms with Crippen molar-refractivity contribution in [3.05, 3.63) is 41.3 Å². The molecule has 0 bridgehead atoms. The highest BCUT2D eigenvalue weighted by molar-refractivity contribution is 7.91. The van der Waals surface area contributed by atoms with E-state index in [9.17, 15) is 18.0 Å². The van der Waals surface area contributed by atoms with E-state index < -0.39 is 10.0 Å². The summed E-state index contributed by atoms with van der Waals surface area (Å²) in [5, 5.41) is 4.43. The predicted octanol–water partition coefficient (Wildman–Crippen LogP) is 2.50. The van der Waals surface area contributed by atoms with E-state index in [1.165, 1.54) is 22.4 Å². The first-order valence-corrected chi connectivity index (χ1v) is 11.8. The molecule has 1 fully saturated rings. The van der Waals surface area contributed by atoms with Crippen molar-refractivity contribution in [2.24, 2.45) is 5.92 Å². The molecule has 162 valence electrons. The Morgan fingerprint density at radius 3 is 2.50 bits per heavy atom. The fourth-order valence-electron chi connectivity index (χ4n) is 3.29. The molecule has 0 atom stereocenters. The predicted molar refractivity (Wildman–Crippen MR) is 115 cm³/mol. The van der Waals surface area contributed by atoms with Gasteiger partial charge in [-0.2, -0.15) is 4.31 Å². The maximum Gasteiger partial charge on any atom is 0.254 e. The quantitative estimate of drug-likeness (QED) is 0.728. The highest BCUT2D eigenvalue weighted by Crippen LogP contribution is 2.30. The van der Waals surface area contributed by atoms with Gasteiger partial charge in [0.25, 0.3) is 15.9 Å². The van der Waals surface area contributed by atoms with Crippen LogP contribution in [0.2, 0.25) is 0 Å². The lowest BCUT2D eigenvalue weighted by molar-refractivity contribution is -0.120. The number of thiophene rings is 1. The van der Waals surface area contributed by atoms with Crippen LogP contribution in [0.3, 0.4) is 0 Å². The van der Waals surface area contributed by atoms with Crippen LogP contribution >= 0.6 is 11.3 Å². The second-order valence-corrected chi connectivity index (χ2v) is 10.3. The summed E-state index contributed by atoms with van der Waals surface area (Å²) in [7, 11) is 1.09. The van der Waals surface area contributed by atoms with Gasteiger partial charge in [0.15, 0.2) is 0 Å². The number of methoxy groups -OCH3 is 1. The van der Waals surface area contributed by atoms with Crippen LogP contribution in [0, 0.1) is 5.92 Å². The van der Waals surface area contributed by atoms with Crippen LogP contribution in [0.1, 0.15) is 23.2 Å². The molecule has 2 amide bonds. The largest absolute Gasteiger partial charge is 0.495 e. The molecule has 0 radical (unpaired) electrons. The number of piperidine rings is 1. The zero-order valence-corrected chi connectivity index (χ0v) is 18.8. The number of nitrogens with zero attached hydrogens (tertiary/aromatic N) is 2. The van der Waals surface area contributed by atoms with Crippen LogP contribution in [0.25, 0.3) is 0 Å². The minimum atomic E-state index is -3.69. The van der Waals surface area contributed by atoms with E-state index in [2.05, 4.69) is 5.32 Å². The first-order valence-electron chi connectivity index (χ1n) is 9.48. The fourth-order valence-corrected chi connectivity index (χ4v) is 6.07. The summed E-state index contributed by atoms with van der Waals surface area (Å²) in [4.78, 5) is 26.1. The molecule has 0 aliphatic carbocycles. The van der Waals surface area contributed by atoms with Crippen LogP contribution in [0.5, 0.6) is 5.75 Å². The van der Waals surface area contributed by atoms with E-state index in [-0.39, 0.29) is 35.0 Å². The summed E-state index contributed by atoms with van der Waals surface area (Å²) in [5.41, 5.74) is 0.950. The molecule has 1 aromatic carbocycles. The van der Waals surface area contributed by atoms with Gasteiger partial charge in [-0.3, -0.25) is 9.59 Å². The smallest absolute Gasteiger partial charge is 0.254 e. The number of carbonyl (C=O) groups excluding carboxylic acids is 2. The minimum absolute atomic E-state index is 0.143. The van der Waals surface area contributed by atoms with E-state index in [1.807, 2.05) is 12.1 Å². The number of rotatable bonds is 6. The molecule has 1 aliphatic heterocycles. The summed E-state index contributed by atoms with van der Waals surface area (Å²) in [5.74, 6) is -0.0897. The lowest BCUT2D eigenvalue weighted by Crippen LogP contribution is -2.41. The number of amides is 2. The van der Waals surface area contributed by atoms with E-state index in [1.54, 1.807) is 31.6 Å². The van der Waals surface area contributed by atoms with Crippen molar-refractivity contribution in [3.63, 3.8) is 0 Å². The fraction of sp³-hybridized carbons (Fsp3) is 0.400. The Hall–Kier alpha value is -2.43. The third-order valence-electron chi connectivity index (χ3n) is 5.01. The Morgan fingerprint density at radius 1 is 1.20 bits per heavy atom. The van der Waals surface area contributed by atoms with Crippen molar-refractivity contribution < 1.29 is 22.7 Å². The van der Waals surface area contributed by atoms with Crippen LogP contribution in [-0.4, -0.2) is 63.7 Å². The highest BCUT2D eigenvalue weighted by atomic mass is 32.2. The second-order valence-electron chi connectivity index (χ2n) is 7.22. The van der Waals surface area contributed by atoms with Crippen LogP contribution in [0.15, 0.2) is 39.9 Å². The number of anilines is 1. The molecule has 1 aromatic heterocycles. The third-order valence-corrected chi connectivity index (χ3v) is 8.33.